The van der Waals surface area contributed by atoms with Gasteiger partial charge in [-0.3, -0.25) is 4.79 Å². The van der Waals surface area contributed by atoms with Crippen LogP contribution >= 0.6 is 0 Å². The van der Waals surface area contributed by atoms with Crippen LogP contribution in [0, 0.1) is 0 Å². The first-order chi connectivity index (χ1) is 7.36. The van der Waals surface area contributed by atoms with Crippen molar-refractivity contribution in [3.05, 3.63) is 24.3 Å². The smallest absolute Gasteiger partial charge is 0.473 e. The van der Waals surface area contributed by atoms with Crippen LogP contribution in [-0.2, 0) is 4.79 Å². The van der Waals surface area contributed by atoms with Crippen LogP contribution in [0.15, 0.2) is 24.3 Å². The van der Waals surface area contributed by atoms with E-state index in [2.05, 4.69) is 0 Å². The number of hydrogen-bond donors (Lipinski definition) is 1. The number of halogens is 3. The maximum absolute atomic E-state index is 12.0. The Kier molecular flexibility index (Phi) is 3.38. The van der Waals surface area contributed by atoms with E-state index in [9.17, 15) is 18.0 Å². The van der Waals surface area contributed by atoms with Gasteiger partial charge in [0, 0.05) is 0 Å². The number of rotatable bonds is 2. The average molecular weight is 234 g/mol. The largest absolute Gasteiger partial charge is 0.497 e. The van der Waals surface area contributed by atoms with Crippen LogP contribution in [0.3, 0.4) is 0 Å². The van der Waals surface area contributed by atoms with E-state index < -0.39 is 12.1 Å². The summed E-state index contributed by atoms with van der Waals surface area (Å²) in [5.41, 5.74) is -0.0666. The van der Waals surface area contributed by atoms with Gasteiger partial charge in [0.05, 0.1) is 12.8 Å². The van der Waals surface area contributed by atoms with Crippen LogP contribution in [-0.4, -0.2) is 19.2 Å². The fourth-order valence-electron chi connectivity index (χ4n) is 0.997. The van der Waals surface area contributed by atoms with E-state index in [1.165, 1.54) is 31.4 Å². The van der Waals surface area contributed by atoms with Crippen LogP contribution in [0.5, 0.6) is 5.75 Å². The highest BCUT2D eigenvalue weighted by atomic mass is 19.4. The number of hydrazine groups is 1. The van der Waals surface area contributed by atoms with E-state index in [4.69, 9.17) is 10.6 Å². The molecule has 0 spiro atoms. The number of nitrogens with zero attached hydrogens (tertiary/aromatic N) is 1. The number of carbonyl (C=O) groups excluding carboxylic acids is 1. The highest BCUT2D eigenvalue weighted by Crippen LogP contribution is 2.22. The Morgan fingerprint density at radius 1 is 1.31 bits per heavy atom. The molecule has 1 aromatic carbocycles. The second-order valence-electron chi connectivity index (χ2n) is 2.87. The van der Waals surface area contributed by atoms with Crippen LogP contribution in [0.25, 0.3) is 0 Å². The molecular weight excluding hydrogens is 225 g/mol. The van der Waals surface area contributed by atoms with Gasteiger partial charge in [0.2, 0.25) is 0 Å². The van der Waals surface area contributed by atoms with Crippen molar-refractivity contribution in [3.8, 4) is 5.75 Å². The Labute approximate surface area is 89.4 Å². The molecule has 0 heterocycles. The topological polar surface area (TPSA) is 55.6 Å². The van der Waals surface area contributed by atoms with Crippen LogP contribution < -0.4 is 15.6 Å². The molecule has 4 nitrogen and oxygen atoms in total. The van der Waals surface area contributed by atoms with Crippen molar-refractivity contribution in [2.45, 2.75) is 6.18 Å². The predicted octanol–water partition coefficient (Wildman–Crippen LogP) is 1.46. The molecule has 88 valence electrons. The van der Waals surface area contributed by atoms with Crippen molar-refractivity contribution in [2.75, 3.05) is 12.1 Å². The molecule has 0 aliphatic carbocycles. The van der Waals surface area contributed by atoms with E-state index in [1.807, 2.05) is 0 Å². The summed E-state index contributed by atoms with van der Waals surface area (Å²) in [5.74, 6) is 3.37. The summed E-state index contributed by atoms with van der Waals surface area (Å²) in [6, 6.07) is 5.31. The molecule has 0 bridgehead atoms. The Hall–Kier alpha value is -1.76. The number of nitrogens with two attached hydrogens (primary N) is 1. The van der Waals surface area contributed by atoms with Crippen LogP contribution in [0.2, 0.25) is 0 Å². The molecule has 16 heavy (non-hydrogen) atoms. The minimum Gasteiger partial charge on any atom is -0.497 e. The maximum atomic E-state index is 12.0. The molecular formula is C9H9F3N2O2. The Morgan fingerprint density at radius 3 is 2.19 bits per heavy atom. The molecule has 0 radical (unpaired) electrons. The van der Waals surface area contributed by atoms with Crippen molar-refractivity contribution in [3.63, 3.8) is 0 Å². The lowest BCUT2D eigenvalue weighted by Crippen LogP contribution is -2.45. The van der Waals surface area contributed by atoms with Gasteiger partial charge in [-0.2, -0.15) is 13.2 Å². The zero-order chi connectivity index (χ0) is 12.3. The molecule has 1 aromatic rings. The first-order valence-corrected chi connectivity index (χ1v) is 4.16. The fourth-order valence-corrected chi connectivity index (χ4v) is 0.997. The van der Waals surface area contributed by atoms with Crippen molar-refractivity contribution >= 4 is 11.6 Å². The highest BCUT2D eigenvalue weighted by Gasteiger charge is 2.42. The quantitative estimate of drug-likeness (QED) is 0.479. The van der Waals surface area contributed by atoms with Crippen LogP contribution in [0.1, 0.15) is 0 Å². The van der Waals surface area contributed by atoms with Gasteiger partial charge in [-0.15, -0.1) is 0 Å². The molecule has 7 heteroatoms. The van der Waals surface area contributed by atoms with Gasteiger partial charge in [0.25, 0.3) is 0 Å². The molecule has 1 amide bonds. The zero-order valence-corrected chi connectivity index (χ0v) is 8.28. The second kappa shape index (κ2) is 4.40. The molecule has 1 rings (SSSR count). The molecule has 2 N–H and O–H groups in total. The summed E-state index contributed by atoms with van der Waals surface area (Å²) >= 11 is 0. The highest BCUT2D eigenvalue weighted by molar-refractivity contribution is 5.96. The molecule has 0 saturated heterocycles. The SMILES string of the molecule is COc1ccc(N(N)C(=O)C(F)(F)F)cc1. The first kappa shape index (κ1) is 12.3. The van der Waals surface area contributed by atoms with Gasteiger partial charge >= 0.3 is 12.1 Å². The minimum atomic E-state index is -4.99. The summed E-state index contributed by atoms with van der Waals surface area (Å²) in [5, 5.41) is 0.0411. The van der Waals surface area contributed by atoms with E-state index in [-0.39, 0.29) is 10.7 Å². The first-order valence-electron chi connectivity index (χ1n) is 4.16. The fraction of sp³-hybridized carbons (Fsp3) is 0.222. The van der Waals surface area contributed by atoms with Gasteiger partial charge in [-0.25, -0.2) is 10.9 Å². The van der Waals surface area contributed by atoms with Crippen LogP contribution in [0.4, 0.5) is 18.9 Å². The van der Waals surface area contributed by atoms with Crippen molar-refractivity contribution < 1.29 is 22.7 Å². The zero-order valence-electron chi connectivity index (χ0n) is 8.28. The lowest BCUT2D eigenvalue weighted by Gasteiger charge is -2.18. The Balaban J connectivity index is 2.88. The van der Waals surface area contributed by atoms with E-state index in [0.29, 0.717) is 5.75 Å². The van der Waals surface area contributed by atoms with Crippen molar-refractivity contribution in [1.82, 2.24) is 0 Å². The standard InChI is InChI=1S/C9H9F3N2O2/c1-16-7-4-2-6(3-5-7)14(13)8(15)9(10,11)12/h2-5H,13H2,1H3. The molecule has 0 atom stereocenters. The molecule has 0 fully saturated rings. The summed E-state index contributed by atoms with van der Waals surface area (Å²) < 4.78 is 40.9. The number of ether oxygens (including phenoxy) is 1. The third-order valence-corrected chi connectivity index (χ3v) is 1.81. The number of hydrogen-bond acceptors (Lipinski definition) is 3. The van der Waals surface area contributed by atoms with Gasteiger partial charge in [-0.05, 0) is 24.3 Å². The number of amides is 1. The number of benzene rings is 1. The third-order valence-electron chi connectivity index (χ3n) is 1.81. The maximum Gasteiger partial charge on any atom is 0.473 e. The summed E-state index contributed by atoms with van der Waals surface area (Å²) in [7, 11) is 1.41. The molecule has 0 aliphatic rings. The third kappa shape index (κ3) is 2.63. The van der Waals surface area contributed by atoms with Gasteiger partial charge in [0.1, 0.15) is 5.75 Å². The predicted molar refractivity (Wildman–Crippen MR) is 50.7 cm³/mol. The van der Waals surface area contributed by atoms with Gasteiger partial charge in [-0.1, -0.05) is 0 Å². The summed E-state index contributed by atoms with van der Waals surface area (Å²) in [6.07, 6.45) is -4.99. The van der Waals surface area contributed by atoms with E-state index >= 15 is 0 Å². The average Bonchev–Trinajstić information content (AvgIpc) is 2.26. The molecule has 0 aromatic heterocycles. The minimum absolute atomic E-state index is 0.0411. The number of anilines is 1. The number of alkyl halides is 3. The van der Waals surface area contributed by atoms with Crippen molar-refractivity contribution in [2.24, 2.45) is 5.84 Å². The normalized spacial score (nSPS) is 11.1. The van der Waals surface area contributed by atoms with E-state index in [1.54, 1.807) is 0 Å². The lowest BCUT2D eigenvalue weighted by atomic mass is 10.3. The molecule has 0 unspecified atom stereocenters. The van der Waals surface area contributed by atoms with Crippen molar-refractivity contribution in [1.29, 1.82) is 0 Å². The summed E-state index contributed by atoms with van der Waals surface area (Å²) in [4.78, 5) is 10.8. The van der Waals surface area contributed by atoms with E-state index in [0.717, 1.165) is 0 Å². The second-order valence-corrected chi connectivity index (χ2v) is 2.87. The Morgan fingerprint density at radius 2 is 1.81 bits per heavy atom. The lowest BCUT2D eigenvalue weighted by molar-refractivity contribution is -0.170. The molecule has 0 saturated carbocycles. The van der Waals surface area contributed by atoms with Gasteiger partial charge in [0.15, 0.2) is 0 Å². The monoisotopic (exact) mass is 234 g/mol. The Bertz CT molecular complexity index is 375. The summed E-state index contributed by atoms with van der Waals surface area (Å²) in [6.45, 7) is 0. The number of carbonyl (C=O) groups is 1. The number of methoxy groups -OCH3 is 1. The van der Waals surface area contributed by atoms with Gasteiger partial charge < -0.3 is 4.74 Å². The molecule has 0 aliphatic heterocycles.